The van der Waals surface area contributed by atoms with E-state index in [1.165, 1.54) is 0 Å². The number of benzene rings is 2. The minimum atomic E-state index is -4.42. The van der Waals surface area contributed by atoms with Gasteiger partial charge in [0, 0.05) is 30.6 Å². The average molecular weight is 308 g/mol. The molecule has 1 saturated heterocycles. The highest BCUT2D eigenvalue weighted by Gasteiger charge is 2.49. The zero-order valence-electron chi connectivity index (χ0n) is 11.7. The van der Waals surface area contributed by atoms with Crippen LogP contribution in [0.3, 0.4) is 0 Å². The fourth-order valence-corrected chi connectivity index (χ4v) is 3.34. The van der Waals surface area contributed by atoms with Crippen LogP contribution in [0, 0.1) is 0 Å². The van der Waals surface area contributed by atoms with Gasteiger partial charge in [0.1, 0.15) is 6.23 Å². The molecule has 1 fully saturated rings. The van der Waals surface area contributed by atoms with Gasteiger partial charge in [-0.3, -0.25) is 0 Å². The van der Waals surface area contributed by atoms with Crippen LogP contribution in [0.1, 0.15) is 11.7 Å². The molecule has 0 bridgehead atoms. The number of hydrogen-bond donors (Lipinski definition) is 1. The Morgan fingerprint density at radius 1 is 1.14 bits per heavy atom. The molecule has 2 aliphatic rings. The number of hydrogen-bond acceptors (Lipinski definition) is 3. The molecule has 116 valence electrons. The first-order valence-electron chi connectivity index (χ1n) is 7.27. The molecule has 0 radical (unpaired) electrons. The number of ether oxygens (including phenoxy) is 1. The van der Waals surface area contributed by atoms with Crippen LogP contribution in [-0.4, -0.2) is 32.0 Å². The van der Waals surface area contributed by atoms with Crippen LogP contribution in [0.4, 0.5) is 18.9 Å². The topological polar surface area (TPSA) is 24.5 Å². The number of fused-ring (bicyclic) bond motifs is 5. The first kappa shape index (κ1) is 13.8. The first-order valence-corrected chi connectivity index (χ1v) is 7.27. The number of anilines is 1. The smallest absolute Gasteiger partial charge is 0.343 e. The summed E-state index contributed by atoms with van der Waals surface area (Å²) >= 11 is 0. The molecule has 2 aliphatic heterocycles. The van der Waals surface area contributed by atoms with E-state index in [1.807, 2.05) is 29.2 Å². The molecule has 2 aromatic rings. The second-order valence-corrected chi connectivity index (χ2v) is 5.63. The highest BCUT2D eigenvalue weighted by Crippen LogP contribution is 2.47. The third kappa shape index (κ3) is 2.06. The van der Waals surface area contributed by atoms with Gasteiger partial charge in [-0.05, 0) is 5.39 Å². The van der Waals surface area contributed by atoms with Gasteiger partial charge in [0.05, 0.1) is 5.69 Å². The summed E-state index contributed by atoms with van der Waals surface area (Å²) in [5, 5.41) is 4.90. The SMILES string of the molecule is FC(F)(F)C1OC2CNCCN2c2c1ccc1ccccc21. The first-order chi connectivity index (χ1) is 10.6. The van der Waals surface area contributed by atoms with Crippen LogP contribution in [0.2, 0.25) is 0 Å². The molecule has 0 amide bonds. The Morgan fingerprint density at radius 2 is 1.95 bits per heavy atom. The Morgan fingerprint density at radius 3 is 2.77 bits per heavy atom. The molecule has 1 N–H and O–H groups in total. The van der Waals surface area contributed by atoms with Crippen LogP contribution < -0.4 is 10.2 Å². The average Bonchev–Trinajstić information content (AvgIpc) is 2.52. The minimum Gasteiger partial charge on any atom is -0.343 e. The van der Waals surface area contributed by atoms with E-state index in [1.54, 1.807) is 12.1 Å². The van der Waals surface area contributed by atoms with Crippen LogP contribution in [0.5, 0.6) is 0 Å². The summed E-state index contributed by atoms with van der Waals surface area (Å²) in [5.74, 6) is 0. The van der Waals surface area contributed by atoms with Gasteiger partial charge in [0.15, 0.2) is 6.10 Å². The van der Waals surface area contributed by atoms with Gasteiger partial charge in [0.2, 0.25) is 0 Å². The number of nitrogens with zero attached hydrogens (tertiary/aromatic N) is 1. The van der Waals surface area contributed by atoms with Crippen molar-refractivity contribution in [2.45, 2.75) is 18.5 Å². The molecule has 0 aliphatic carbocycles. The molecule has 2 heterocycles. The Labute approximate surface area is 125 Å². The van der Waals surface area contributed by atoms with Crippen molar-refractivity contribution in [2.24, 2.45) is 0 Å². The second-order valence-electron chi connectivity index (χ2n) is 5.63. The molecule has 22 heavy (non-hydrogen) atoms. The number of alkyl halides is 3. The molecule has 2 atom stereocenters. The largest absolute Gasteiger partial charge is 0.419 e. The van der Waals surface area contributed by atoms with Gasteiger partial charge in [-0.25, -0.2) is 0 Å². The van der Waals surface area contributed by atoms with Crippen molar-refractivity contribution in [3.8, 4) is 0 Å². The predicted molar refractivity (Wildman–Crippen MR) is 77.8 cm³/mol. The third-order valence-electron chi connectivity index (χ3n) is 4.29. The summed E-state index contributed by atoms with van der Waals surface area (Å²) in [6, 6.07) is 10.8. The summed E-state index contributed by atoms with van der Waals surface area (Å²) in [5.41, 5.74) is 0.877. The fourth-order valence-electron chi connectivity index (χ4n) is 3.34. The Balaban J connectivity index is 1.97. The quantitative estimate of drug-likeness (QED) is 0.809. The van der Waals surface area contributed by atoms with Crippen molar-refractivity contribution in [3.05, 3.63) is 42.0 Å². The van der Waals surface area contributed by atoms with E-state index in [-0.39, 0.29) is 5.56 Å². The molecule has 0 spiro atoms. The maximum absolute atomic E-state index is 13.4. The summed E-state index contributed by atoms with van der Waals surface area (Å²) < 4.78 is 45.6. The molecule has 0 aromatic heterocycles. The maximum atomic E-state index is 13.4. The predicted octanol–water partition coefficient (Wildman–Crippen LogP) is 3.21. The van der Waals surface area contributed by atoms with E-state index in [0.29, 0.717) is 18.8 Å². The zero-order chi connectivity index (χ0) is 15.3. The lowest BCUT2D eigenvalue weighted by molar-refractivity contribution is -0.240. The van der Waals surface area contributed by atoms with Gasteiger partial charge < -0.3 is 15.0 Å². The van der Waals surface area contributed by atoms with Crippen molar-refractivity contribution >= 4 is 16.5 Å². The number of rotatable bonds is 0. The van der Waals surface area contributed by atoms with Gasteiger partial charge in [0.25, 0.3) is 0 Å². The molecule has 6 heteroatoms. The monoisotopic (exact) mass is 308 g/mol. The highest BCUT2D eigenvalue weighted by molar-refractivity contribution is 5.96. The van der Waals surface area contributed by atoms with Crippen LogP contribution in [-0.2, 0) is 4.74 Å². The van der Waals surface area contributed by atoms with E-state index >= 15 is 0 Å². The summed E-state index contributed by atoms with van der Waals surface area (Å²) in [6.45, 7) is 1.77. The maximum Gasteiger partial charge on any atom is 0.419 e. The Hall–Kier alpha value is -1.79. The van der Waals surface area contributed by atoms with Crippen molar-refractivity contribution in [1.29, 1.82) is 0 Å². The van der Waals surface area contributed by atoms with E-state index in [9.17, 15) is 13.2 Å². The molecule has 4 rings (SSSR count). The highest BCUT2D eigenvalue weighted by atomic mass is 19.4. The van der Waals surface area contributed by atoms with Crippen LogP contribution in [0.15, 0.2) is 36.4 Å². The summed E-state index contributed by atoms with van der Waals surface area (Å²) in [4.78, 5) is 1.95. The van der Waals surface area contributed by atoms with Crippen molar-refractivity contribution in [2.75, 3.05) is 24.5 Å². The lowest BCUT2D eigenvalue weighted by Gasteiger charge is -2.45. The van der Waals surface area contributed by atoms with Gasteiger partial charge >= 0.3 is 6.18 Å². The minimum absolute atomic E-state index is 0.212. The number of nitrogens with one attached hydrogen (secondary N) is 1. The standard InChI is InChI=1S/C16H15F3N2O/c17-16(18,19)15-12-6-5-10-3-1-2-4-11(10)14(12)21-8-7-20-9-13(21)22-15/h1-6,13,15,20H,7-9H2. The summed E-state index contributed by atoms with van der Waals surface area (Å²) in [6.07, 6.45) is -6.87. The third-order valence-corrected chi connectivity index (χ3v) is 4.29. The molecular formula is C16H15F3N2O. The van der Waals surface area contributed by atoms with E-state index in [0.717, 1.165) is 17.3 Å². The van der Waals surface area contributed by atoms with E-state index < -0.39 is 18.5 Å². The van der Waals surface area contributed by atoms with E-state index in [2.05, 4.69) is 5.32 Å². The normalized spacial score (nSPS) is 25.0. The number of piperazine rings is 1. The van der Waals surface area contributed by atoms with Gasteiger partial charge in [-0.2, -0.15) is 13.2 Å². The van der Waals surface area contributed by atoms with Crippen molar-refractivity contribution in [1.82, 2.24) is 5.32 Å². The molecular weight excluding hydrogens is 293 g/mol. The number of halogens is 3. The second kappa shape index (κ2) is 4.86. The van der Waals surface area contributed by atoms with Crippen molar-refractivity contribution in [3.63, 3.8) is 0 Å². The molecule has 2 aromatic carbocycles. The Kier molecular flexibility index (Phi) is 3.06. The van der Waals surface area contributed by atoms with Gasteiger partial charge in [-0.15, -0.1) is 0 Å². The van der Waals surface area contributed by atoms with Crippen LogP contribution >= 0.6 is 0 Å². The van der Waals surface area contributed by atoms with Crippen LogP contribution in [0.25, 0.3) is 10.8 Å². The van der Waals surface area contributed by atoms with Crippen molar-refractivity contribution < 1.29 is 17.9 Å². The molecule has 0 saturated carbocycles. The molecule has 3 nitrogen and oxygen atoms in total. The lowest BCUT2D eigenvalue weighted by Crippen LogP contribution is -2.56. The van der Waals surface area contributed by atoms with E-state index in [4.69, 9.17) is 4.74 Å². The zero-order valence-corrected chi connectivity index (χ0v) is 11.7. The lowest BCUT2D eigenvalue weighted by atomic mass is 9.96. The van der Waals surface area contributed by atoms with Gasteiger partial charge in [-0.1, -0.05) is 36.4 Å². The fraction of sp³-hybridized carbons (Fsp3) is 0.375. The molecule has 2 unspecified atom stereocenters. The Bertz CT molecular complexity index is 716. The summed E-state index contributed by atoms with van der Waals surface area (Å²) in [7, 11) is 0.